The van der Waals surface area contributed by atoms with Gasteiger partial charge in [-0.15, -0.1) is 0 Å². The molecule has 4 rings (SSSR count). The smallest absolute Gasteiger partial charge is 0.239 e. The van der Waals surface area contributed by atoms with Crippen molar-refractivity contribution in [2.45, 2.75) is 9.79 Å². The number of primary sulfonamides is 1. The number of hydrogen-bond donors (Lipinski definition) is 1. The number of furan rings is 1. The van der Waals surface area contributed by atoms with Gasteiger partial charge in [0.15, 0.2) is 15.6 Å². The number of nitrogens with two attached hydrogens (primary N) is 1. The molecule has 0 amide bonds. The number of para-hydroxylation sites is 1. The van der Waals surface area contributed by atoms with E-state index in [4.69, 9.17) is 14.3 Å². The summed E-state index contributed by atoms with van der Waals surface area (Å²) in [4.78, 5) is 11.7. The van der Waals surface area contributed by atoms with Gasteiger partial charge in [0.25, 0.3) is 0 Å². The van der Waals surface area contributed by atoms with E-state index in [1.54, 1.807) is 25.3 Å². The molecular formula is C23H19NO7S2. The number of fused-ring (bicyclic) bond motifs is 1. The molecule has 1 aromatic heterocycles. The van der Waals surface area contributed by atoms with Gasteiger partial charge in [-0.1, -0.05) is 24.3 Å². The zero-order chi connectivity index (χ0) is 23.8. The predicted octanol–water partition coefficient (Wildman–Crippen LogP) is 3.41. The zero-order valence-electron chi connectivity index (χ0n) is 17.4. The lowest BCUT2D eigenvalue weighted by atomic mass is 10.1. The lowest BCUT2D eigenvalue weighted by Crippen LogP contribution is -2.21. The fraction of sp³-hybridized carbons (Fsp3) is 0.0870. The number of sulfone groups is 1. The summed E-state index contributed by atoms with van der Waals surface area (Å²) in [5.74, 6) is -0.460. The summed E-state index contributed by atoms with van der Waals surface area (Å²) in [6.45, 7) is 0. The second-order valence-corrected chi connectivity index (χ2v) is 10.7. The van der Waals surface area contributed by atoms with E-state index in [0.717, 1.165) is 17.7 Å². The van der Waals surface area contributed by atoms with Crippen LogP contribution in [0.2, 0.25) is 0 Å². The van der Waals surface area contributed by atoms with E-state index in [0.29, 0.717) is 22.5 Å². The van der Waals surface area contributed by atoms with Crippen molar-refractivity contribution in [3.8, 4) is 17.1 Å². The number of carbonyl (C=O) groups is 1. The molecule has 10 heteroatoms. The van der Waals surface area contributed by atoms with Crippen molar-refractivity contribution in [1.29, 1.82) is 0 Å². The molecule has 0 unspecified atom stereocenters. The van der Waals surface area contributed by atoms with Crippen LogP contribution >= 0.6 is 0 Å². The van der Waals surface area contributed by atoms with Crippen molar-refractivity contribution in [2.24, 2.45) is 5.14 Å². The highest BCUT2D eigenvalue weighted by atomic mass is 32.2. The second kappa shape index (κ2) is 8.47. The average Bonchev–Trinajstić information content (AvgIpc) is 3.21. The molecule has 33 heavy (non-hydrogen) atoms. The normalized spacial score (nSPS) is 12.1. The number of benzene rings is 3. The Kier molecular flexibility index (Phi) is 5.83. The topological polar surface area (TPSA) is 134 Å². The summed E-state index contributed by atoms with van der Waals surface area (Å²) in [6.07, 6.45) is 0. The highest BCUT2D eigenvalue weighted by Gasteiger charge is 2.27. The first-order valence-electron chi connectivity index (χ1n) is 9.65. The molecule has 0 radical (unpaired) electrons. The number of sulfonamides is 1. The van der Waals surface area contributed by atoms with Crippen LogP contribution in [0.15, 0.2) is 87.0 Å². The first-order chi connectivity index (χ1) is 15.6. The number of ether oxygens (including phenoxy) is 1. The highest BCUT2D eigenvalue weighted by Crippen LogP contribution is 2.34. The second-order valence-electron chi connectivity index (χ2n) is 7.24. The minimum absolute atomic E-state index is 0.145. The Hall–Kier alpha value is -3.47. The van der Waals surface area contributed by atoms with Crippen molar-refractivity contribution < 1.29 is 30.8 Å². The summed E-state index contributed by atoms with van der Waals surface area (Å²) in [5.41, 5.74) is 1.38. The fourth-order valence-electron chi connectivity index (χ4n) is 3.47. The van der Waals surface area contributed by atoms with Crippen LogP contribution in [-0.4, -0.2) is 35.5 Å². The van der Waals surface area contributed by atoms with Gasteiger partial charge in [-0.2, -0.15) is 0 Å². The lowest BCUT2D eigenvalue weighted by molar-refractivity contribution is 0.102. The third-order valence-corrected chi connectivity index (χ3v) is 7.79. The molecule has 0 aliphatic rings. The van der Waals surface area contributed by atoms with E-state index in [-0.39, 0.29) is 5.56 Å². The molecule has 0 saturated heterocycles. The molecule has 0 aliphatic carbocycles. The van der Waals surface area contributed by atoms with E-state index in [1.807, 2.05) is 18.2 Å². The van der Waals surface area contributed by atoms with Gasteiger partial charge in [0, 0.05) is 10.9 Å². The number of ketones is 1. The summed E-state index contributed by atoms with van der Waals surface area (Å²) in [7, 11) is -7.01. The molecule has 0 bridgehead atoms. The summed E-state index contributed by atoms with van der Waals surface area (Å²) < 4.78 is 60.4. The highest BCUT2D eigenvalue weighted by molar-refractivity contribution is 7.94. The molecule has 0 atom stereocenters. The number of Topliss-reactive ketones (excluding diaryl/α,β-unsaturated/α-hetero) is 1. The van der Waals surface area contributed by atoms with Crippen LogP contribution in [0.5, 0.6) is 5.75 Å². The van der Waals surface area contributed by atoms with Crippen LogP contribution in [0.3, 0.4) is 0 Å². The molecule has 2 N–H and O–H groups in total. The van der Waals surface area contributed by atoms with Crippen molar-refractivity contribution in [1.82, 2.24) is 0 Å². The first kappa shape index (κ1) is 22.7. The van der Waals surface area contributed by atoms with Gasteiger partial charge in [0.1, 0.15) is 27.7 Å². The lowest BCUT2D eigenvalue weighted by Gasteiger charge is -2.08. The van der Waals surface area contributed by atoms with Gasteiger partial charge in [-0.3, -0.25) is 4.79 Å². The maximum atomic E-state index is 12.8. The molecule has 170 valence electrons. The predicted molar refractivity (Wildman–Crippen MR) is 122 cm³/mol. The Labute approximate surface area is 190 Å². The van der Waals surface area contributed by atoms with Gasteiger partial charge in [0.2, 0.25) is 10.0 Å². The van der Waals surface area contributed by atoms with Gasteiger partial charge in [0.05, 0.1) is 17.6 Å². The number of rotatable bonds is 7. The van der Waals surface area contributed by atoms with Crippen LogP contribution in [0.25, 0.3) is 22.3 Å². The van der Waals surface area contributed by atoms with Gasteiger partial charge >= 0.3 is 0 Å². The first-order valence-corrected chi connectivity index (χ1v) is 12.8. The molecule has 0 fully saturated rings. The quantitative estimate of drug-likeness (QED) is 0.397. The van der Waals surface area contributed by atoms with Gasteiger partial charge < -0.3 is 9.15 Å². The molecule has 3 aromatic carbocycles. The van der Waals surface area contributed by atoms with E-state index in [2.05, 4.69) is 0 Å². The van der Waals surface area contributed by atoms with Crippen LogP contribution in [0.4, 0.5) is 0 Å². The Morgan fingerprint density at radius 2 is 1.58 bits per heavy atom. The van der Waals surface area contributed by atoms with Crippen LogP contribution in [0, 0.1) is 0 Å². The Morgan fingerprint density at radius 3 is 2.27 bits per heavy atom. The van der Waals surface area contributed by atoms with E-state index in [9.17, 15) is 21.6 Å². The zero-order valence-corrected chi connectivity index (χ0v) is 19.0. The van der Waals surface area contributed by atoms with Gasteiger partial charge in [-0.25, -0.2) is 22.0 Å². The van der Waals surface area contributed by atoms with E-state index in [1.165, 1.54) is 24.3 Å². The maximum absolute atomic E-state index is 12.8. The van der Waals surface area contributed by atoms with Crippen LogP contribution < -0.4 is 9.88 Å². The van der Waals surface area contributed by atoms with Crippen molar-refractivity contribution in [2.75, 3.05) is 12.9 Å². The Balaban J connectivity index is 1.67. The minimum atomic E-state index is -4.29. The minimum Gasteiger partial charge on any atom is -0.496 e. The third kappa shape index (κ3) is 4.54. The molecular weight excluding hydrogens is 466 g/mol. The van der Waals surface area contributed by atoms with Crippen molar-refractivity contribution in [3.63, 3.8) is 0 Å². The molecule has 0 saturated carbocycles. The molecule has 0 aliphatic heterocycles. The largest absolute Gasteiger partial charge is 0.496 e. The van der Waals surface area contributed by atoms with Crippen molar-refractivity contribution in [3.05, 3.63) is 78.4 Å². The molecule has 8 nitrogen and oxygen atoms in total. The monoisotopic (exact) mass is 485 g/mol. The molecule has 1 heterocycles. The van der Waals surface area contributed by atoms with Gasteiger partial charge in [-0.05, 0) is 48.5 Å². The van der Waals surface area contributed by atoms with E-state index >= 15 is 0 Å². The summed E-state index contributed by atoms with van der Waals surface area (Å²) in [5, 5.41) is 5.73. The van der Waals surface area contributed by atoms with Crippen LogP contribution in [-0.2, 0) is 19.9 Å². The summed E-state index contributed by atoms with van der Waals surface area (Å²) >= 11 is 0. The number of methoxy groups -OCH3 is 1. The Bertz CT molecular complexity index is 1590. The molecule has 4 aromatic rings. The van der Waals surface area contributed by atoms with Crippen LogP contribution in [0.1, 0.15) is 10.4 Å². The average molecular weight is 486 g/mol. The number of hydrogen-bond acceptors (Lipinski definition) is 7. The standard InChI is InChI=1S/C23H19NO7S2/c1-30-20-7-3-2-6-17(20)21-13-16-12-15(10-11-19(16)31-21)18(25)14-32(26,27)22-8-4-5-9-23(22)33(24,28)29/h2-13H,14H2,1H3,(H2,24,28,29). The summed E-state index contributed by atoms with van der Waals surface area (Å²) in [6, 6.07) is 18.5. The fourth-order valence-corrected chi connectivity index (χ4v) is 6.15. The van der Waals surface area contributed by atoms with E-state index < -0.39 is 41.2 Å². The Morgan fingerprint density at radius 1 is 0.909 bits per heavy atom. The maximum Gasteiger partial charge on any atom is 0.239 e. The van der Waals surface area contributed by atoms with Crippen molar-refractivity contribution >= 4 is 36.6 Å². The molecule has 0 spiro atoms. The SMILES string of the molecule is COc1ccccc1-c1cc2cc(C(=O)CS(=O)(=O)c3ccccc3S(N)(=O)=O)ccc2o1. The number of carbonyl (C=O) groups excluding carboxylic acids is 1. The third-order valence-electron chi connectivity index (χ3n) is 5.02.